The molecular weight excluding hydrogens is 225 g/mol. The number of carbonyl (C=O) groups is 2. The van der Waals surface area contributed by atoms with E-state index in [0.717, 1.165) is 4.90 Å². The van der Waals surface area contributed by atoms with Gasteiger partial charge in [0.1, 0.15) is 5.60 Å². The maximum Gasteiger partial charge on any atom is 0.410 e. The van der Waals surface area contributed by atoms with Crippen LogP contribution in [-0.2, 0) is 9.53 Å². The lowest BCUT2D eigenvalue weighted by Crippen LogP contribution is -2.64. The smallest absolute Gasteiger partial charge is 0.410 e. The zero-order chi connectivity index (χ0) is 11.9. The molecule has 0 aliphatic carbocycles. The number of nitrogens with zero attached hydrogens (tertiary/aromatic N) is 1. The Bertz CT molecular complexity index is 294. The van der Waals surface area contributed by atoms with Gasteiger partial charge in [-0.2, -0.15) is 0 Å². The Labute approximate surface area is 92.3 Å². The first kappa shape index (κ1) is 12.2. The van der Waals surface area contributed by atoms with Crippen molar-refractivity contribution < 1.29 is 18.7 Å². The highest BCUT2D eigenvalue weighted by atomic mass is 35.5. The Morgan fingerprint density at radius 1 is 1.40 bits per heavy atom. The maximum atomic E-state index is 13.3. The van der Waals surface area contributed by atoms with Crippen molar-refractivity contribution in [2.75, 3.05) is 13.1 Å². The van der Waals surface area contributed by atoms with Gasteiger partial charge < -0.3 is 9.64 Å². The van der Waals surface area contributed by atoms with Crippen LogP contribution in [0.25, 0.3) is 0 Å². The van der Waals surface area contributed by atoms with Gasteiger partial charge in [0.15, 0.2) is 0 Å². The van der Waals surface area contributed by atoms with E-state index in [1.807, 2.05) is 0 Å². The normalized spacial score (nSPS) is 19.4. The third-order valence-electron chi connectivity index (χ3n) is 1.89. The van der Waals surface area contributed by atoms with Gasteiger partial charge in [-0.15, -0.1) is 0 Å². The van der Waals surface area contributed by atoms with E-state index in [1.165, 1.54) is 0 Å². The Kier molecular flexibility index (Phi) is 2.96. The minimum atomic E-state index is -2.10. The number of halogens is 2. The summed E-state index contributed by atoms with van der Waals surface area (Å²) in [5.41, 5.74) is -2.73. The molecule has 0 radical (unpaired) electrons. The molecule has 1 aliphatic rings. The molecule has 1 rings (SSSR count). The van der Waals surface area contributed by atoms with E-state index in [4.69, 9.17) is 16.3 Å². The molecule has 86 valence electrons. The fraction of sp³-hybridized carbons (Fsp3) is 0.778. The van der Waals surface area contributed by atoms with E-state index in [9.17, 15) is 14.0 Å². The van der Waals surface area contributed by atoms with Crippen molar-refractivity contribution in [2.45, 2.75) is 32.0 Å². The molecule has 0 bridgehead atoms. The van der Waals surface area contributed by atoms with E-state index in [-0.39, 0.29) is 13.1 Å². The van der Waals surface area contributed by atoms with Gasteiger partial charge in [-0.1, -0.05) is 0 Å². The number of ether oxygens (including phenoxy) is 1. The van der Waals surface area contributed by atoms with Crippen LogP contribution in [0.4, 0.5) is 9.18 Å². The molecule has 0 N–H and O–H groups in total. The molecule has 1 amide bonds. The van der Waals surface area contributed by atoms with Crippen LogP contribution in [-0.4, -0.2) is 40.6 Å². The fourth-order valence-corrected chi connectivity index (χ4v) is 1.26. The van der Waals surface area contributed by atoms with Crippen molar-refractivity contribution in [3.05, 3.63) is 0 Å². The van der Waals surface area contributed by atoms with Gasteiger partial charge in [-0.3, -0.25) is 4.79 Å². The second-order valence-electron chi connectivity index (χ2n) is 4.58. The molecule has 0 atom stereocenters. The van der Waals surface area contributed by atoms with E-state index >= 15 is 0 Å². The molecule has 1 fully saturated rings. The standard InChI is InChI=1S/C9H13ClFNO3/c1-8(2,3)15-7(14)12-4-9(11,5-12)6(10)13/h4-5H2,1-3H3. The quantitative estimate of drug-likeness (QED) is 0.653. The molecule has 4 nitrogen and oxygen atoms in total. The van der Waals surface area contributed by atoms with Crippen molar-refractivity contribution in [3.63, 3.8) is 0 Å². The van der Waals surface area contributed by atoms with E-state index in [2.05, 4.69) is 0 Å². The van der Waals surface area contributed by atoms with E-state index in [0.29, 0.717) is 0 Å². The summed E-state index contributed by atoms with van der Waals surface area (Å²) in [6.45, 7) is 4.47. The highest BCUT2D eigenvalue weighted by Crippen LogP contribution is 2.29. The Balaban J connectivity index is 2.46. The lowest BCUT2D eigenvalue weighted by Gasteiger charge is -2.41. The number of carbonyl (C=O) groups excluding carboxylic acids is 2. The van der Waals surface area contributed by atoms with Crippen LogP contribution in [0.1, 0.15) is 20.8 Å². The third kappa shape index (κ3) is 2.81. The summed E-state index contributed by atoms with van der Waals surface area (Å²) >= 11 is 5.03. The van der Waals surface area contributed by atoms with Gasteiger partial charge in [-0.25, -0.2) is 9.18 Å². The highest BCUT2D eigenvalue weighted by molar-refractivity contribution is 6.65. The molecule has 0 saturated carbocycles. The number of amides is 1. The predicted octanol–water partition coefficient (Wildman–Crippen LogP) is 1.71. The number of likely N-dealkylation sites (tertiary alicyclic amines) is 1. The second-order valence-corrected chi connectivity index (χ2v) is 4.92. The molecule has 0 unspecified atom stereocenters. The number of hydrogen-bond donors (Lipinski definition) is 0. The van der Waals surface area contributed by atoms with Crippen LogP contribution in [0.2, 0.25) is 0 Å². The number of alkyl halides is 1. The molecule has 1 aliphatic heterocycles. The Morgan fingerprint density at radius 2 is 1.87 bits per heavy atom. The summed E-state index contributed by atoms with van der Waals surface area (Å²) < 4.78 is 18.3. The van der Waals surface area contributed by atoms with Crippen LogP contribution in [0, 0.1) is 0 Å². The van der Waals surface area contributed by atoms with Crippen LogP contribution < -0.4 is 0 Å². The first-order valence-corrected chi connectivity index (χ1v) is 4.89. The molecule has 15 heavy (non-hydrogen) atoms. The van der Waals surface area contributed by atoms with Gasteiger partial charge in [0.2, 0.25) is 5.67 Å². The highest BCUT2D eigenvalue weighted by Gasteiger charge is 2.52. The molecule has 0 aromatic carbocycles. The van der Waals surface area contributed by atoms with Crippen LogP contribution in [0.5, 0.6) is 0 Å². The van der Waals surface area contributed by atoms with Gasteiger partial charge in [0.25, 0.3) is 5.24 Å². The lowest BCUT2D eigenvalue weighted by atomic mass is 9.99. The molecule has 0 spiro atoms. The average Bonchev–Trinajstić information content (AvgIpc) is 1.94. The lowest BCUT2D eigenvalue weighted by molar-refractivity contribution is -0.132. The molecule has 1 heterocycles. The van der Waals surface area contributed by atoms with Gasteiger partial charge in [0, 0.05) is 0 Å². The zero-order valence-electron chi connectivity index (χ0n) is 8.84. The minimum Gasteiger partial charge on any atom is -0.444 e. The molecule has 0 aromatic rings. The van der Waals surface area contributed by atoms with Crippen molar-refractivity contribution in [2.24, 2.45) is 0 Å². The first-order valence-electron chi connectivity index (χ1n) is 4.51. The van der Waals surface area contributed by atoms with E-state index in [1.54, 1.807) is 20.8 Å². The summed E-state index contributed by atoms with van der Waals surface area (Å²) in [4.78, 5) is 23.0. The summed E-state index contributed by atoms with van der Waals surface area (Å²) in [5, 5.41) is -1.07. The molecule has 1 saturated heterocycles. The molecule has 6 heteroatoms. The minimum absolute atomic E-state index is 0.329. The van der Waals surface area contributed by atoms with Gasteiger partial charge >= 0.3 is 6.09 Å². The van der Waals surface area contributed by atoms with Crippen molar-refractivity contribution in [1.29, 1.82) is 0 Å². The van der Waals surface area contributed by atoms with Gasteiger partial charge in [0.05, 0.1) is 13.1 Å². The summed E-state index contributed by atoms with van der Waals surface area (Å²) in [6.07, 6.45) is -0.631. The van der Waals surface area contributed by atoms with Gasteiger partial charge in [-0.05, 0) is 32.4 Å². The summed E-state index contributed by atoms with van der Waals surface area (Å²) in [6, 6.07) is 0. The Morgan fingerprint density at radius 3 is 2.20 bits per heavy atom. The third-order valence-corrected chi connectivity index (χ3v) is 2.23. The van der Waals surface area contributed by atoms with Crippen LogP contribution in [0.3, 0.4) is 0 Å². The number of hydrogen-bond acceptors (Lipinski definition) is 3. The number of rotatable bonds is 1. The molecule has 0 aromatic heterocycles. The summed E-state index contributed by atoms with van der Waals surface area (Å²) in [7, 11) is 0. The molecular formula is C9H13ClFNO3. The van der Waals surface area contributed by atoms with Crippen molar-refractivity contribution in [3.8, 4) is 0 Å². The first-order chi connectivity index (χ1) is 6.64. The van der Waals surface area contributed by atoms with Crippen molar-refractivity contribution in [1.82, 2.24) is 4.90 Å². The zero-order valence-corrected chi connectivity index (χ0v) is 9.60. The monoisotopic (exact) mass is 237 g/mol. The summed E-state index contributed by atoms with van der Waals surface area (Å²) in [5.74, 6) is 0. The average molecular weight is 238 g/mol. The maximum absolute atomic E-state index is 13.3. The second kappa shape index (κ2) is 3.63. The van der Waals surface area contributed by atoms with Crippen molar-refractivity contribution >= 4 is 22.9 Å². The predicted molar refractivity (Wildman–Crippen MR) is 52.5 cm³/mol. The van der Waals surface area contributed by atoms with Crippen LogP contribution >= 0.6 is 11.6 Å². The fourth-order valence-electron chi connectivity index (χ4n) is 1.14. The largest absolute Gasteiger partial charge is 0.444 e. The van der Waals surface area contributed by atoms with E-state index < -0.39 is 22.6 Å². The topological polar surface area (TPSA) is 46.6 Å². The van der Waals surface area contributed by atoms with Crippen LogP contribution in [0.15, 0.2) is 0 Å². The Hall–Kier alpha value is -0.840. The SMILES string of the molecule is CC(C)(C)OC(=O)N1CC(F)(C(=O)Cl)C1.